The summed E-state index contributed by atoms with van der Waals surface area (Å²) in [5.74, 6) is -0.248. The highest BCUT2D eigenvalue weighted by atomic mass is 32.1. The van der Waals surface area contributed by atoms with E-state index in [1.54, 1.807) is 34.1 Å². The molecule has 2 aromatic heterocycles. The van der Waals surface area contributed by atoms with Crippen LogP contribution in [0.1, 0.15) is 6.42 Å². The molecule has 1 aliphatic heterocycles. The summed E-state index contributed by atoms with van der Waals surface area (Å²) >= 11 is 1.56. The molecule has 0 N–H and O–H groups in total. The average molecular weight is 344 g/mol. The third-order valence-electron chi connectivity index (χ3n) is 4.04. The molecule has 4 rings (SSSR count). The van der Waals surface area contributed by atoms with Gasteiger partial charge in [0, 0.05) is 18.7 Å². The van der Waals surface area contributed by atoms with Crippen molar-refractivity contribution in [2.45, 2.75) is 12.5 Å². The first-order chi connectivity index (χ1) is 11.7. The van der Waals surface area contributed by atoms with E-state index in [9.17, 15) is 4.39 Å². The third kappa shape index (κ3) is 2.92. The molecule has 0 saturated carbocycles. The third-order valence-corrected chi connectivity index (χ3v) is 5.02. The van der Waals surface area contributed by atoms with Crippen LogP contribution < -0.4 is 4.90 Å². The Kier molecular flexibility index (Phi) is 4.03. The largest absolute Gasteiger partial charge is 0.372 e. The van der Waals surface area contributed by atoms with Crippen molar-refractivity contribution in [3.05, 3.63) is 48.9 Å². The Morgan fingerprint density at radius 3 is 2.96 bits per heavy atom. The lowest BCUT2D eigenvalue weighted by Crippen LogP contribution is -2.22. The van der Waals surface area contributed by atoms with Gasteiger partial charge in [0.05, 0.1) is 24.6 Å². The summed E-state index contributed by atoms with van der Waals surface area (Å²) in [4.78, 5) is 7.66. The molecule has 0 bridgehead atoms. The number of anilines is 1. The molecule has 24 heavy (non-hydrogen) atoms. The van der Waals surface area contributed by atoms with Crippen LogP contribution in [-0.2, 0) is 4.74 Å². The van der Waals surface area contributed by atoms with Gasteiger partial charge in [-0.1, -0.05) is 17.4 Å². The second-order valence-corrected chi connectivity index (χ2v) is 6.66. The summed E-state index contributed by atoms with van der Waals surface area (Å²) in [7, 11) is 0. The maximum Gasteiger partial charge on any atom is 0.214 e. The first-order valence-electron chi connectivity index (χ1n) is 7.82. The molecule has 1 aliphatic rings. The van der Waals surface area contributed by atoms with Crippen molar-refractivity contribution in [1.82, 2.24) is 14.6 Å². The number of nitrogens with zero attached hydrogens (tertiary/aromatic N) is 4. The van der Waals surface area contributed by atoms with Crippen molar-refractivity contribution in [1.29, 1.82) is 0 Å². The van der Waals surface area contributed by atoms with E-state index >= 15 is 0 Å². The predicted octanol–water partition coefficient (Wildman–Crippen LogP) is 3.38. The zero-order chi connectivity index (χ0) is 16.5. The fraction of sp³-hybridized carbons (Fsp3) is 0.294. The molecule has 0 spiro atoms. The normalized spacial score (nSPS) is 17.7. The maximum absolute atomic E-state index is 13.0. The minimum absolute atomic E-state index is 0.231. The first kappa shape index (κ1) is 15.3. The van der Waals surface area contributed by atoms with Crippen LogP contribution in [0.4, 0.5) is 9.52 Å². The molecule has 1 atom stereocenters. The summed E-state index contributed by atoms with van der Waals surface area (Å²) in [6, 6.07) is 6.33. The van der Waals surface area contributed by atoms with Crippen LogP contribution in [0.3, 0.4) is 0 Å². The van der Waals surface area contributed by atoms with Crippen molar-refractivity contribution in [3.63, 3.8) is 0 Å². The van der Waals surface area contributed by atoms with Gasteiger partial charge in [-0.15, -0.1) is 11.7 Å². The second-order valence-electron chi connectivity index (χ2n) is 5.72. The molecule has 1 aromatic carbocycles. The smallest absolute Gasteiger partial charge is 0.214 e. The monoisotopic (exact) mass is 344 g/mol. The van der Waals surface area contributed by atoms with E-state index in [4.69, 9.17) is 4.74 Å². The highest BCUT2D eigenvalue weighted by Crippen LogP contribution is 2.29. The van der Waals surface area contributed by atoms with Crippen molar-refractivity contribution >= 4 is 21.4 Å². The lowest BCUT2D eigenvalue weighted by molar-refractivity contribution is 0.0909. The van der Waals surface area contributed by atoms with E-state index in [1.165, 1.54) is 12.1 Å². The van der Waals surface area contributed by atoms with Crippen LogP contribution in [0, 0.1) is 5.82 Å². The molecule has 1 unspecified atom stereocenters. The van der Waals surface area contributed by atoms with E-state index < -0.39 is 0 Å². The zero-order valence-electron chi connectivity index (χ0n) is 13.1. The summed E-state index contributed by atoms with van der Waals surface area (Å²) in [5, 5.41) is 5.57. The van der Waals surface area contributed by atoms with Gasteiger partial charge >= 0.3 is 0 Å². The highest BCUT2D eigenvalue weighted by Gasteiger charge is 2.25. The Labute approximate surface area is 143 Å². The SMILES string of the molecule is C=CCOC1CCN(c2nn3cc(-c4ccc(F)cc4)nc3s2)C1. The lowest BCUT2D eigenvalue weighted by atomic mass is 10.2. The van der Waals surface area contributed by atoms with Gasteiger partial charge in [0.1, 0.15) is 5.82 Å². The van der Waals surface area contributed by atoms with Crippen molar-refractivity contribution in [2.24, 2.45) is 0 Å². The fourth-order valence-corrected chi connectivity index (χ4v) is 3.74. The number of benzene rings is 1. The molecule has 0 amide bonds. The van der Waals surface area contributed by atoms with Crippen molar-refractivity contribution in [2.75, 3.05) is 24.6 Å². The highest BCUT2D eigenvalue weighted by molar-refractivity contribution is 7.20. The zero-order valence-corrected chi connectivity index (χ0v) is 13.9. The molecule has 124 valence electrons. The predicted molar refractivity (Wildman–Crippen MR) is 93.0 cm³/mol. The standard InChI is InChI=1S/C17H17FN4OS/c1-2-9-23-14-7-8-21(10-14)17-20-22-11-15(19-16(22)24-17)12-3-5-13(18)6-4-12/h2-6,11,14H,1,7-10H2. The van der Waals surface area contributed by atoms with Crippen molar-refractivity contribution < 1.29 is 9.13 Å². The van der Waals surface area contributed by atoms with Gasteiger partial charge in [-0.2, -0.15) is 0 Å². The van der Waals surface area contributed by atoms with Gasteiger partial charge < -0.3 is 9.64 Å². The van der Waals surface area contributed by atoms with Gasteiger partial charge in [0.2, 0.25) is 10.1 Å². The number of hydrogen-bond acceptors (Lipinski definition) is 5. The maximum atomic E-state index is 13.0. The Morgan fingerprint density at radius 1 is 1.38 bits per heavy atom. The van der Waals surface area contributed by atoms with Crippen LogP contribution in [0.2, 0.25) is 0 Å². The number of ether oxygens (including phenoxy) is 1. The van der Waals surface area contributed by atoms with Crippen LogP contribution in [0.25, 0.3) is 16.2 Å². The molecular weight excluding hydrogens is 327 g/mol. The fourth-order valence-electron chi connectivity index (χ4n) is 2.82. The number of rotatable bonds is 5. The molecule has 0 aliphatic carbocycles. The van der Waals surface area contributed by atoms with E-state index in [1.807, 2.05) is 6.20 Å². The number of aromatic nitrogens is 3. The summed E-state index contributed by atoms with van der Waals surface area (Å²) < 4.78 is 20.5. The minimum atomic E-state index is -0.248. The Hall–Kier alpha value is -2.25. The molecule has 1 saturated heterocycles. The van der Waals surface area contributed by atoms with E-state index in [2.05, 4.69) is 21.6 Å². The van der Waals surface area contributed by atoms with Crippen molar-refractivity contribution in [3.8, 4) is 11.3 Å². The quantitative estimate of drug-likeness (QED) is 0.666. The molecule has 7 heteroatoms. The Balaban J connectivity index is 1.52. The molecule has 0 radical (unpaired) electrons. The molecular formula is C17H17FN4OS. The van der Waals surface area contributed by atoms with Gasteiger partial charge in [-0.3, -0.25) is 0 Å². The summed E-state index contributed by atoms with van der Waals surface area (Å²) in [6.45, 7) is 6.04. The molecule has 3 heterocycles. The number of fused-ring (bicyclic) bond motifs is 1. The Morgan fingerprint density at radius 2 is 2.21 bits per heavy atom. The molecule has 1 fully saturated rings. The van der Waals surface area contributed by atoms with Gasteiger partial charge in [0.15, 0.2) is 0 Å². The first-order valence-corrected chi connectivity index (χ1v) is 8.64. The van der Waals surface area contributed by atoms with E-state index in [0.717, 1.165) is 40.9 Å². The lowest BCUT2D eigenvalue weighted by Gasteiger charge is -2.14. The van der Waals surface area contributed by atoms with Crippen LogP contribution in [0.15, 0.2) is 43.1 Å². The molecule has 3 aromatic rings. The van der Waals surface area contributed by atoms with Crippen LogP contribution in [-0.4, -0.2) is 40.4 Å². The van der Waals surface area contributed by atoms with Gasteiger partial charge in [0.25, 0.3) is 0 Å². The number of hydrogen-bond donors (Lipinski definition) is 0. The second kappa shape index (κ2) is 6.33. The average Bonchev–Trinajstić information content (AvgIpc) is 3.27. The van der Waals surface area contributed by atoms with Gasteiger partial charge in [-0.05, 0) is 30.7 Å². The van der Waals surface area contributed by atoms with E-state index in [-0.39, 0.29) is 11.9 Å². The van der Waals surface area contributed by atoms with E-state index in [0.29, 0.717) is 6.61 Å². The molecule has 5 nitrogen and oxygen atoms in total. The Bertz CT molecular complexity index is 826. The van der Waals surface area contributed by atoms with Crippen LogP contribution in [0.5, 0.6) is 0 Å². The van der Waals surface area contributed by atoms with Crippen LogP contribution >= 0.6 is 11.3 Å². The van der Waals surface area contributed by atoms with Gasteiger partial charge in [-0.25, -0.2) is 13.9 Å². The number of halogens is 1. The topological polar surface area (TPSA) is 42.7 Å². The number of imidazole rings is 1. The summed E-state index contributed by atoms with van der Waals surface area (Å²) in [5.41, 5.74) is 1.68. The summed E-state index contributed by atoms with van der Waals surface area (Å²) in [6.07, 6.45) is 4.88. The minimum Gasteiger partial charge on any atom is -0.372 e.